The Morgan fingerprint density at radius 2 is 2.44 bits per heavy atom. The first-order chi connectivity index (χ1) is 7.76. The van der Waals surface area contributed by atoms with Crippen molar-refractivity contribution in [2.24, 2.45) is 0 Å². The number of nitrogens with one attached hydrogen (secondary N) is 1. The second-order valence-corrected chi connectivity index (χ2v) is 4.29. The summed E-state index contributed by atoms with van der Waals surface area (Å²) >= 11 is 0. The van der Waals surface area contributed by atoms with Gasteiger partial charge in [-0.15, -0.1) is 0 Å². The normalized spacial score (nSPS) is 23.8. The minimum absolute atomic E-state index is 0.123. The highest BCUT2D eigenvalue weighted by atomic mass is 16.5. The minimum Gasteiger partial charge on any atom is -0.338 e. The van der Waals surface area contributed by atoms with E-state index in [2.05, 4.69) is 27.3 Å². The Balaban J connectivity index is 2.12. The molecule has 5 heteroatoms. The van der Waals surface area contributed by atoms with Crippen LogP contribution >= 0.6 is 0 Å². The van der Waals surface area contributed by atoms with E-state index in [4.69, 9.17) is 4.52 Å². The molecule has 0 aromatic carbocycles. The Morgan fingerprint density at radius 3 is 3.12 bits per heavy atom. The molecule has 2 unspecified atom stereocenters. The second kappa shape index (κ2) is 4.93. The average Bonchev–Trinajstić information content (AvgIpc) is 2.95. The highest BCUT2D eigenvalue weighted by Crippen LogP contribution is 2.29. The van der Waals surface area contributed by atoms with Crippen LogP contribution in [0.25, 0.3) is 0 Å². The van der Waals surface area contributed by atoms with Crippen LogP contribution in [-0.4, -0.2) is 35.2 Å². The highest BCUT2D eigenvalue weighted by Gasteiger charge is 2.29. The van der Waals surface area contributed by atoms with E-state index in [-0.39, 0.29) is 6.04 Å². The molecule has 2 atom stereocenters. The fourth-order valence-electron chi connectivity index (χ4n) is 2.18. The lowest BCUT2D eigenvalue weighted by Crippen LogP contribution is -2.23. The standard InChI is InChI=1S/C11H20N4O/c1-4-15-7-5-6-9(15)10-13-11(16-14-10)8(2)12-3/h8-9,12H,4-7H2,1-3H3. The van der Waals surface area contributed by atoms with Crippen LogP contribution in [-0.2, 0) is 0 Å². The molecule has 1 fully saturated rings. The highest BCUT2D eigenvalue weighted by molar-refractivity contribution is 4.99. The summed E-state index contributed by atoms with van der Waals surface area (Å²) in [4.78, 5) is 6.88. The van der Waals surface area contributed by atoms with Gasteiger partial charge in [0, 0.05) is 0 Å². The SMILES string of the molecule is CCN1CCCC1c1noc(C(C)NC)n1. The van der Waals surface area contributed by atoms with Gasteiger partial charge in [-0.2, -0.15) is 4.98 Å². The van der Waals surface area contributed by atoms with E-state index in [1.807, 2.05) is 14.0 Å². The van der Waals surface area contributed by atoms with Gasteiger partial charge in [0.15, 0.2) is 5.82 Å². The van der Waals surface area contributed by atoms with Gasteiger partial charge in [-0.1, -0.05) is 12.1 Å². The third-order valence-electron chi connectivity index (χ3n) is 3.33. The van der Waals surface area contributed by atoms with Gasteiger partial charge >= 0.3 is 0 Å². The van der Waals surface area contributed by atoms with Gasteiger partial charge in [0.05, 0.1) is 12.1 Å². The Hall–Kier alpha value is -0.940. The lowest BCUT2D eigenvalue weighted by atomic mass is 10.2. The van der Waals surface area contributed by atoms with Crippen molar-refractivity contribution in [3.63, 3.8) is 0 Å². The van der Waals surface area contributed by atoms with E-state index >= 15 is 0 Å². The summed E-state index contributed by atoms with van der Waals surface area (Å²) in [6.45, 7) is 6.39. The Bertz CT molecular complexity index is 338. The van der Waals surface area contributed by atoms with Crippen LogP contribution in [0.5, 0.6) is 0 Å². The van der Waals surface area contributed by atoms with E-state index in [9.17, 15) is 0 Å². The first kappa shape index (κ1) is 11.5. The predicted molar refractivity (Wildman–Crippen MR) is 61.0 cm³/mol. The molecular formula is C11H20N4O. The van der Waals surface area contributed by atoms with Crippen molar-refractivity contribution in [1.29, 1.82) is 0 Å². The Morgan fingerprint density at radius 1 is 1.62 bits per heavy atom. The van der Waals surface area contributed by atoms with Crippen LogP contribution in [0.15, 0.2) is 4.52 Å². The van der Waals surface area contributed by atoms with Crippen LogP contribution in [0.1, 0.15) is 50.5 Å². The lowest BCUT2D eigenvalue weighted by Gasteiger charge is -2.18. The fraction of sp³-hybridized carbons (Fsp3) is 0.818. The molecule has 1 aliphatic rings. The monoisotopic (exact) mass is 224 g/mol. The number of hydrogen-bond donors (Lipinski definition) is 1. The van der Waals surface area contributed by atoms with E-state index in [0.717, 1.165) is 25.3 Å². The molecule has 1 N–H and O–H groups in total. The smallest absolute Gasteiger partial charge is 0.243 e. The summed E-state index contributed by atoms with van der Waals surface area (Å²) < 4.78 is 5.27. The molecule has 1 saturated heterocycles. The molecule has 1 aliphatic heterocycles. The summed E-state index contributed by atoms with van der Waals surface area (Å²) in [7, 11) is 1.89. The van der Waals surface area contributed by atoms with Gasteiger partial charge in [-0.25, -0.2) is 0 Å². The molecule has 1 aromatic rings. The van der Waals surface area contributed by atoms with E-state index in [0.29, 0.717) is 11.9 Å². The molecule has 0 radical (unpaired) electrons. The number of rotatable bonds is 4. The maximum atomic E-state index is 5.27. The number of nitrogens with zero attached hydrogens (tertiary/aromatic N) is 3. The average molecular weight is 224 g/mol. The number of hydrogen-bond acceptors (Lipinski definition) is 5. The van der Waals surface area contributed by atoms with Gasteiger partial charge in [0.2, 0.25) is 5.89 Å². The number of aromatic nitrogens is 2. The van der Waals surface area contributed by atoms with Gasteiger partial charge in [-0.05, 0) is 39.9 Å². The summed E-state index contributed by atoms with van der Waals surface area (Å²) in [5.41, 5.74) is 0. The summed E-state index contributed by atoms with van der Waals surface area (Å²) in [5.74, 6) is 1.52. The molecule has 90 valence electrons. The maximum Gasteiger partial charge on any atom is 0.243 e. The van der Waals surface area contributed by atoms with Gasteiger partial charge in [-0.3, -0.25) is 4.90 Å². The molecule has 2 heterocycles. The molecule has 0 spiro atoms. The Kier molecular flexibility index (Phi) is 3.56. The van der Waals surface area contributed by atoms with Crippen molar-refractivity contribution in [3.05, 3.63) is 11.7 Å². The van der Waals surface area contributed by atoms with E-state index in [1.54, 1.807) is 0 Å². The topological polar surface area (TPSA) is 54.2 Å². The second-order valence-electron chi connectivity index (χ2n) is 4.29. The molecule has 5 nitrogen and oxygen atoms in total. The predicted octanol–water partition coefficient (Wildman–Crippen LogP) is 1.51. The van der Waals surface area contributed by atoms with Crippen LogP contribution < -0.4 is 5.32 Å². The van der Waals surface area contributed by atoms with Crippen molar-refractivity contribution < 1.29 is 4.52 Å². The fourth-order valence-corrected chi connectivity index (χ4v) is 2.18. The third kappa shape index (κ3) is 2.10. The quantitative estimate of drug-likeness (QED) is 0.840. The van der Waals surface area contributed by atoms with Crippen LogP contribution in [0.3, 0.4) is 0 Å². The van der Waals surface area contributed by atoms with Crippen molar-refractivity contribution in [2.75, 3.05) is 20.1 Å². The third-order valence-corrected chi connectivity index (χ3v) is 3.33. The van der Waals surface area contributed by atoms with Crippen molar-refractivity contribution in [3.8, 4) is 0 Å². The van der Waals surface area contributed by atoms with Crippen LogP contribution in [0.2, 0.25) is 0 Å². The van der Waals surface area contributed by atoms with Gasteiger partial charge in [0.25, 0.3) is 0 Å². The summed E-state index contributed by atoms with van der Waals surface area (Å²) in [6.07, 6.45) is 2.37. The molecule has 2 rings (SSSR count). The Labute approximate surface area is 96.2 Å². The molecule has 0 aliphatic carbocycles. The summed E-state index contributed by atoms with van der Waals surface area (Å²) in [5, 5.41) is 7.20. The van der Waals surface area contributed by atoms with E-state index in [1.165, 1.54) is 6.42 Å². The van der Waals surface area contributed by atoms with Gasteiger partial charge in [0.1, 0.15) is 0 Å². The minimum atomic E-state index is 0.123. The van der Waals surface area contributed by atoms with E-state index < -0.39 is 0 Å². The van der Waals surface area contributed by atoms with Crippen LogP contribution in [0, 0.1) is 0 Å². The van der Waals surface area contributed by atoms with Crippen molar-refractivity contribution >= 4 is 0 Å². The molecule has 0 amide bonds. The molecule has 1 aromatic heterocycles. The zero-order chi connectivity index (χ0) is 11.5. The first-order valence-corrected chi connectivity index (χ1v) is 6.01. The number of likely N-dealkylation sites (tertiary alicyclic amines) is 1. The molecule has 0 saturated carbocycles. The lowest BCUT2D eigenvalue weighted by molar-refractivity contribution is 0.254. The largest absolute Gasteiger partial charge is 0.338 e. The first-order valence-electron chi connectivity index (χ1n) is 6.01. The molecular weight excluding hydrogens is 204 g/mol. The van der Waals surface area contributed by atoms with Crippen molar-refractivity contribution in [2.45, 2.75) is 38.8 Å². The molecule has 16 heavy (non-hydrogen) atoms. The molecule has 0 bridgehead atoms. The zero-order valence-electron chi connectivity index (χ0n) is 10.2. The van der Waals surface area contributed by atoms with Crippen LogP contribution in [0.4, 0.5) is 0 Å². The van der Waals surface area contributed by atoms with Gasteiger partial charge < -0.3 is 9.84 Å². The zero-order valence-corrected chi connectivity index (χ0v) is 10.2. The maximum absolute atomic E-state index is 5.27. The summed E-state index contributed by atoms with van der Waals surface area (Å²) in [6, 6.07) is 0.476. The van der Waals surface area contributed by atoms with Crippen molar-refractivity contribution in [1.82, 2.24) is 20.4 Å².